The van der Waals surface area contributed by atoms with Crippen molar-refractivity contribution in [3.63, 3.8) is 0 Å². The van der Waals surface area contributed by atoms with Crippen molar-refractivity contribution in [3.8, 4) is 0 Å². The van der Waals surface area contributed by atoms with Crippen molar-refractivity contribution in [1.29, 1.82) is 0 Å². The molecule has 15 heavy (non-hydrogen) atoms. The summed E-state index contributed by atoms with van der Waals surface area (Å²) in [6.45, 7) is 2.38. The summed E-state index contributed by atoms with van der Waals surface area (Å²) in [7, 11) is 1.35. The van der Waals surface area contributed by atoms with Crippen molar-refractivity contribution in [1.82, 2.24) is 4.90 Å². The molecular formula is C10H13Cl2NO2. The SMILES string of the molecule is CCN(C(=O)OC)C1=C(Cl)C(Cl)=CCC1. The van der Waals surface area contributed by atoms with Crippen molar-refractivity contribution in [2.45, 2.75) is 19.8 Å². The lowest BCUT2D eigenvalue weighted by Gasteiger charge is -2.25. The zero-order valence-corrected chi connectivity index (χ0v) is 10.2. The number of ether oxygens (including phenoxy) is 1. The topological polar surface area (TPSA) is 29.5 Å². The van der Waals surface area contributed by atoms with Crippen LogP contribution in [0.5, 0.6) is 0 Å². The van der Waals surface area contributed by atoms with Gasteiger partial charge < -0.3 is 4.74 Å². The Labute approximate surface area is 99.3 Å². The van der Waals surface area contributed by atoms with Crippen LogP contribution in [0.15, 0.2) is 21.8 Å². The fourth-order valence-electron chi connectivity index (χ4n) is 1.47. The lowest BCUT2D eigenvalue weighted by molar-refractivity contribution is 0.136. The first-order valence-corrected chi connectivity index (χ1v) is 5.47. The third kappa shape index (κ3) is 2.67. The minimum absolute atomic E-state index is 0.406. The second-order valence-electron chi connectivity index (χ2n) is 3.07. The van der Waals surface area contributed by atoms with Crippen LogP contribution in [0.4, 0.5) is 4.79 Å². The van der Waals surface area contributed by atoms with Crippen LogP contribution in [0.3, 0.4) is 0 Å². The Morgan fingerprint density at radius 1 is 1.60 bits per heavy atom. The molecule has 0 aromatic heterocycles. The molecule has 0 fully saturated rings. The van der Waals surface area contributed by atoms with Crippen LogP contribution in [0.2, 0.25) is 0 Å². The molecule has 1 aliphatic carbocycles. The van der Waals surface area contributed by atoms with E-state index in [-0.39, 0.29) is 0 Å². The molecule has 1 rings (SSSR count). The average molecular weight is 250 g/mol. The number of carbonyl (C=O) groups is 1. The van der Waals surface area contributed by atoms with Crippen LogP contribution in [0, 0.1) is 0 Å². The lowest BCUT2D eigenvalue weighted by Crippen LogP contribution is -2.31. The van der Waals surface area contributed by atoms with Crippen LogP contribution in [-0.4, -0.2) is 24.6 Å². The third-order valence-electron chi connectivity index (χ3n) is 2.20. The van der Waals surface area contributed by atoms with Gasteiger partial charge in [0.1, 0.15) is 0 Å². The Morgan fingerprint density at radius 3 is 2.80 bits per heavy atom. The van der Waals surface area contributed by atoms with E-state index in [0.29, 0.717) is 23.0 Å². The average Bonchev–Trinajstić information content (AvgIpc) is 2.24. The summed E-state index contributed by atoms with van der Waals surface area (Å²) in [6, 6.07) is 0. The number of halogens is 2. The number of carbonyl (C=O) groups excluding carboxylic acids is 1. The number of hydrogen-bond donors (Lipinski definition) is 0. The molecule has 0 atom stereocenters. The molecule has 0 aromatic carbocycles. The van der Waals surface area contributed by atoms with Gasteiger partial charge in [-0.15, -0.1) is 0 Å². The molecule has 0 aromatic rings. The smallest absolute Gasteiger partial charge is 0.413 e. The summed E-state index contributed by atoms with van der Waals surface area (Å²) in [4.78, 5) is 12.9. The second kappa shape index (κ2) is 5.42. The second-order valence-corrected chi connectivity index (χ2v) is 3.85. The Morgan fingerprint density at radius 2 is 2.27 bits per heavy atom. The number of hydrogen-bond acceptors (Lipinski definition) is 2. The van der Waals surface area contributed by atoms with Crippen LogP contribution in [0.25, 0.3) is 0 Å². The molecule has 3 nitrogen and oxygen atoms in total. The maximum absolute atomic E-state index is 11.4. The Hall–Kier alpha value is -0.670. The van der Waals surface area contributed by atoms with E-state index in [9.17, 15) is 4.79 Å². The predicted octanol–water partition coefficient (Wildman–Crippen LogP) is 3.44. The zero-order valence-electron chi connectivity index (χ0n) is 8.72. The van der Waals surface area contributed by atoms with Crippen molar-refractivity contribution in [2.75, 3.05) is 13.7 Å². The minimum Gasteiger partial charge on any atom is -0.452 e. The standard InChI is InChI=1S/C10H13Cl2NO2/c1-3-13(10(14)15-2)8-6-4-5-7(11)9(8)12/h5H,3-4,6H2,1-2H3. The number of allylic oxidation sites excluding steroid dienone is 4. The first-order chi connectivity index (χ1) is 7.11. The number of amides is 1. The number of rotatable bonds is 2. The van der Waals surface area contributed by atoms with Gasteiger partial charge in [0.2, 0.25) is 0 Å². The van der Waals surface area contributed by atoms with Crippen molar-refractivity contribution < 1.29 is 9.53 Å². The third-order valence-corrected chi connectivity index (χ3v) is 3.07. The molecule has 84 valence electrons. The van der Waals surface area contributed by atoms with Gasteiger partial charge in [-0.3, -0.25) is 4.90 Å². The molecule has 0 radical (unpaired) electrons. The zero-order chi connectivity index (χ0) is 11.4. The Balaban J connectivity index is 2.98. The van der Waals surface area contributed by atoms with Crippen molar-refractivity contribution >= 4 is 29.3 Å². The van der Waals surface area contributed by atoms with Gasteiger partial charge in [0.05, 0.1) is 17.2 Å². The van der Waals surface area contributed by atoms with Gasteiger partial charge in [0.15, 0.2) is 0 Å². The van der Waals surface area contributed by atoms with Crippen molar-refractivity contribution in [3.05, 3.63) is 21.8 Å². The van der Waals surface area contributed by atoms with Gasteiger partial charge in [0.25, 0.3) is 0 Å². The predicted molar refractivity (Wildman–Crippen MR) is 60.8 cm³/mol. The van der Waals surface area contributed by atoms with Crippen LogP contribution in [-0.2, 0) is 4.74 Å². The maximum atomic E-state index is 11.4. The molecule has 0 spiro atoms. The van der Waals surface area contributed by atoms with Crippen LogP contribution in [0.1, 0.15) is 19.8 Å². The lowest BCUT2D eigenvalue weighted by atomic mass is 10.1. The molecule has 0 aliphatic heterocycles. The number of methoxy groups -OCH3 is 1. The largest absolute Gasteiger partial charge is 0.452 e. The van der Waals surface area contributed by atoms with E-state index in [2.05, 4.69) is 4.74 Å². The summed E-state index contributed by atoms with van der Waals surface area (Å²) >= 11 is 11.9. The molecule has 1 aliphatic rings. The highest BCUT2D eigenvalue weighted by Gasteiger charge is 2.22. The molecule has 1 amide bonds. The van der Waals surface area contributed by atoms with Crippen LogP contribution < -0.4 is 0 Å². The van der Waals surface area contributed by atoms with Crippen LogP contribution >= 0.6 is 23.2 Å². The summed E-state index contributed by atoms with van der Waals surface area (Å²) in [5.74, 6) is 0. The molecule has 0 unspecified atom stereocenters. The van der Waals surface area contributed by atoms with E-state index in [0.717, 1.165) is 12.1 Å². The van der Waals surface area contributed by atoms with E-state index in [1.807, 2.05) is 13.0 Å². The van der Waals surface area contributed by atoms with E-state index >= 15 is 0 Å². The summed E-state index contributed by atoms with van der Waals surface area (Å²) in [5.41, 5.74) is 0.735. The van der Waals surface area contributed by atoms with Gasteiger partial charge in [-0.2, -0.15) is 0 Å². The molecular weight excluding hydrogens is 237 g/mol. The Bertz CT molecular complexity index is 323. The van der Waals surface area contributed by atoms with Gasteiger partial charge in [-0.25, -0.2) is 4.79 Å². The van der Waals surface area contributed by atoms with E-state index in [1.54, 1.807) is 0 Å². The molecule has 0 saturated carbocycles. The first kappa shape index (κ1) is 12.4. The highest BCUT2D eigenvalue weighted by molar-refractivity contribution is 6.44. The highest BCUT2D eigenvalue weighted by Crippen LogP contribution is 2.32. The van der Waals surface area contributed by atoms with E-state index in [4.69, 9.17) is 23.2 Å². The first-order valence-electron chi connectivity index (χ1n) is 4.72. The van der Waals surface area contributed by atoms with Gasteiger partial charge >= 0.3 is 6.09 Å². The fourth-order valence-corrected chi connectivity index (χ4v) is 1.96. The van der Waals surface area contributed by atoms with Crippen molar-refractivity contribution in [2.24, 2.45) is 0 Å². The summed E-state index contributed by atoms with van der Waals surface area (Å²) in [5, 5.41) is 0.940. The Kier molecular flexibility index (Phi) is 4.48. The maximum Gasteiger partial charge on any atom is 0.413 e. The van der Waals surface area contributed by atoms with E-state index < -0.39 is 6.09 Å². The van der Waals surface area contributed by atoms with Gasteiger partial charge in [0, 0.05) is 12.2 Å². The molecule has 0 N–H and O–H groups in total. The summed E-state index contributed by atoms with van der Waals surface area (Å²) < 4.78 is 4.67. The molecule has 0 saturated heterocycles. The van der Waals surface area contributed by atoms with Gasteiger partial charge in [-0.05, 0) is 19.8 Å². The molecule has 5 heteroatoms. The minimum atomic E-state index is -0.406. The molecule has 0 heterocycles. The summed E-state index contributed by atoms with van der Waals surface area (Å²) in [6.07, 6.45) is 2.94. The molecule has 0 bridgehead atoms. The monoisotopic (exact) mass is 249 g/mol. The highest BCUT2D eigenvalue weighted by atomic mass is 35.5. The van der Waals surface area contributed by atoms with Gasteiger partial charge in [-0.1, -0.05) is 29.3 Å². The quantitative estimate of drug-likeness (QED) is 0.751. The number of nitrogens with zero attached hydrogens (tertiary/aromatic N) is 1. The van der Waals surface area contributed by atoms with E-state index in [1.165, 1.54) is 12.0 Å². The normalized spacial score (nSPS) is 16.1. The fraction of sp³-hybridized carbons (Fsp3) is 0.500.